The van der Waals surface area contributed by atoms with Gasteiger partial charge in [0.05, 0.1) is 25.2 Å². The minimum absolute atomic E-state index is 0.0364. The zero-order valence-corrected chi connectivity index (χ0v) is 36.5. The van der Waals surface area contributed by atoms with Crippen LogP contribution in [0.3, 0.4) is 0 Å². The Labute approximate surface area is 345 Å². The van der Waals surface area contributed by atoms with Crippen molar-refractivity contribution in [2.75, 3.05) is 6.61 Å². The fourth-order valence-electron chi connectivity index (χ4n) is 6.63. The van der Waals surface area contributed by atoms with Crippen LogP contribution in [-0.4, -0.2) is 46.9 Å². The van der Waals surface area contributed by atoms with Crippen molar-refractivity contribution in [1.29, 1.82) is 0 Å². The number of ether oxygens (including phenoxy) is 1. The minimum atomic E-state index is -0.802. The van der Waals surface area contributed by atoms with Crippen molar-refractivity contribution in [3.8, 4) is 0 Å². The number of carbonyl (C=O) groups is 2. The number of amides is 1. The van der Waals surface area contributed by atoms with E-state index in [0.29, 0.717) is 19.3 Å². The number of rotatable bonds is 40. The first kappa shape index (κ1) is 53.3. The Morgan fingerprint density at radius 3 is 1.55 bits per heavy atom. The Morgan fingerprint density at radius 2 is 1.00 bits per heavy atom. The number of allylic oxidation sites excluding steroid dienone is 12. The number of hydrogen-bond donors (Lipinski definition) is 3. The molecule has 0 spiro atoms. The Morgan fingerprint density at radius 1 is 0.536 bits per heavy atom. The molecule has 322 valence electrons. The number of esters is 1. The summed E-state index contributed by atoms with van der Waals surface area (Å²) in [5, 5.41) is 23.6. The molecule has 6 heteroatoms. The van der Waals surface area contributed by atoms with Crippen LogP contribution in [0.4, 0.5) is 0 Å². The van der Waals surface area contributed by atoms with Crippen LogP contribution >= 0.6 is 0 Å². The molecule has 0 saturated heterocycles. The van der Waals surface area contributed by atoms with Crippen molar-refractivity contribution in [2.45, 2.75) is 225 Å². The van der Waals surface area contributed by atoms with Crippen LogP contribution in [0.15, 0.2) is 72.9 Å². The average Bonchev–Trinajstić information content (AvgIpc) is 3.19. The number of aliphatic hydroxyl groups is 2. The molecule has 0 bridgehead atoms. The van der Waals surface area contributed by atoms with Crippen molar-refractivity contribution in [3.63, 3.8) is 0 Å². The first-order valence-electron chi connectivity index (χ1n) is 23.2. The molecule has 0 rings (SSSR count). The van der Waals surface area contributed by atoms with Gasteiger partial charge in [0.25, 0.3) is 0 Å². The lowest BCUT2D eigenvalue weighted by Gasteiger charge is -2.24. The van der Waals surface area contributed by atoms with E-state index in [-0.39, 0.29) is 24.9 Å². The number of nitrogens with one attached hydrogen (secondary N) is 1. The van der Waals surface area contributed by atoms with E-state index in [2.05, 4.69) is 56.5 Å². The van der Waals surface area contributed by atoms with Gasteiger partial charge in [-0.2, -0.15) is 0 Å². The molecule has 3 unspecified atom stereocenters. The fraction of sp³-hybridized carbons (Fsp3) is 0.720. The molecule has 1 amide bonds. The van der Waals surface area contributed by atoms with E-state index < -0.39 is 18.2 Å². The summed E-state index contributed by atoms with van der Waals surface area (Å²) in [5.41, 5.74) is 0. The fourth-order valence-corrected chi connectivity index (χ4v) is 6.63. The largest absolute Gasteiger partial charge is 0.462 e. The highest BCUT2D eigenvalue weighted by Crippen LogP contribution is 2.16. The summed E-state index contributed by atoms with van der Waals surface area (Å²) in [6, 6.07) is -0.719. The van der Waals surface area contributed by atoms with Crippen molar-refractivity contribution in [2.24, 2.45) is 0 Å². The molecule has 56 heavy (non-hydrogen) atoms. The van der Waals surface area contributed by atoms with Gasteiger partial charge in [-0.25, -0.2) is 0 Å². The summed E-state index contributed by atoms with van der Waals surface area (Å²) in [7, 11) is 0. The predicted molar refractivity (Wildman–Crippen MR) is 241 cm³/mol. The van der Waals surface area contributed by atoms with Gasteiger partial charge in [0, 0.05) is 6.42 Å². The van der Waals surface area contributed by atoms with Crippen LogP contribution < -0.4 is 5.32 Å². The highest BCUT2D eigenvalue weighted by Gasteiger charge is 2.24. The Bertz CT molecular complexity index is 1060. The third-order valence-electron chi connectivity index (χ3n) is 10.1. The zero-order chi connectivity index (χ0) is 41.0. The summed E-state index contributed by atoms with van der Waals surface area (Å²) < 4.78 is 5.87. The second kappa shape index (κ2) is 43.4. The summed E-state index contributed by atoms with van der Waals surface area (Å²) in [6.07, 6.45) is 53.9. The molecule has 0 aliphatic carbocycles. The van der Waals surface area contributed by atoms with E-state index in [1.54, 1.807) is 0 Å². The second-order valence-corrected chi connectivity index (χ2v) is 15.5. The number of unbranched alkanes of at least 4 members (excludes halogenated alkanes) is 20. The maximum atomic E-state index is 13.1. The highest BCUT2D eigenvalue weighted by atomic mass is 16.5. The molecule has 0 aromatic rings. The normalized spacial score (nSPS) is 14.0. The van der Waals surface area contributed by atoms with Gasteiger partial charge in [-0.3, -0.25) is 9.59 Å². The van der Waals surface area contributed by atoms with E-state index in [9.17, 15) is 19.8 Å². The van der Waals surface area contributed by atoms with Gasteiger partial charge < -0.3 is 20.3 Å². The Kier molecular flexibility index (Phi) is 41.3. The molecule has 3 atom stereocenters. The Hall–Kier alpha value is -2.70. The predicted octanol–water partition coefficient (Wildman–Crippen LogP) is 13.4. The van der Waals surface area contributed by atoms with Crippen molar-refractivity contribution < 1.29 is 24.5 Å². The van der Waals surface area contributed by atoms with Crippen LogP contribution in [0.1, 0.15) is 207 Å². The standard InChI is InChI=1S/C50H87NO5/c1-4-7-10-13-16-19-22-24-25-26-28-31-34-37-40-43-50(55)56-46(41-38-35-32-29-27-23-20-17-14-11-8-5-2)44-49(54)51-47(45-52)48(53)42-39-36-33-30-21-18-15-12-9-6-3/h7,10,13,16,19,22,24-26,28-29,32,46-48,52-53H,4-6,8-9,11-12,14-15,17-18,20-21,23,27,30-31,33-45H2,1-3H3,(H,51,54)/b10-7+,16-13+,22-19-,25-24-,28-26+,32-29-. The van der Waals surface area contributed by atoms with Crippen LogP contribution in [0.5, 0.6) is 0 Å². The smallest absolute Gasteiger partial charge is 0.306 e. The van der Waals surface area contributed by atoms with Gasteiger partial charge in [-0.1, -0.05) is 203 Å². The van der Waals surface area contributed by atoms with Crippen molar-refractivity contribution in [1.82, 2.24) is 5.32 Å². The quantitative estimate of drug-likeness (QED) is 0.0249. The molecule has 0 aromatic heterocycles. The van der Waals surface area contributed by atoms with Gasteiger partial charge in [0.15, 0.2) is 0 Å². The molecule has 0 aliphatic rings. The summed E-state index contributed by atoms with van der Waals surface area (Å²) >= 11 is 0. The molecule has 6 nitrogen and oxygen atoms in total. The van der Waals surface area contributed by atoms with E-state index in [1.165, 1.54) is 89.9 Å². The van der Waals surface area contributed by atoms with Gasteiger partial charge >= 0.3 is 5.97 Å². The molecular formula is C50H87NO5. The van der Waals surface area contributed by atoms with Gasteiger partial charge in [0.1, 0.15) is 6.10 Å². The second-order valence-electron chi connectivity index (χ2n) is 15.5. The summed E-state index contributed by atoms with van der Waals surface area (Å²) in [4.78, 5) is 26.0. The minimum Gasteiger partial charge on any atom is -0.462 e. The van der Waals surface area contributed by atoms with Gasteiger partial charge in [-0.05, 0) is 64.2 Å². The molecule has 3 N–H and O–H groups in total. The number of aliphatic hydroxyl groups excluding tert-OH is 2. The van der Waals surface area contributed by atoms with Gasteiger partial charge in [0.2, 0.25) is 5.91 Å². The highest BCUT2D eigenvalue weighted by molar-refractivity contribution is 5.77. The first-order valence-corrected chi connectivity index (χ1v) is 23.2. The van der Waals surface area contributed by atoms with Gasteiger partial charge in [-0.15, -0.1) is 0 Å². The molecule has 0 saturated carbocycles. The van der Waals surface area contributed by atoms with Crippen LogP contribution in [-0.2, 0) is 14.3 Å². The SMILES string of the molecule is CC/C=C/C=C/C=C\C=C/C=C/CCCCCC(=O)OC(CCC/C=C\CCCCCCCCC)CC(=O)NC(CO)C(O)CCCCCCCCCCCC. The van der Waals surface area contributed by atoms with E-state index in [1.807, 2.05) is 42.5 Å². The Balaban J connectivity index is 4.73. The lowest BCUT2D eigenvalue weighted by atomic mass is 10.0. The number of hydrogen-bond acceptors (Lipinski definition) is 5. The lowest BCUT2D eigenvalue weighted by molar-refractivity contribution is -0.151. The van der Waals surface area contributed by atoms with E-state index >= 15 is 0 Å². The topological polar surface area (TPSA) is 95.9 Å². The molecular weight excluding hydrogens is 695 g/mol. The molecule has 0 aliphatic heterocycles. The van der Waals surface area contributed by atoms with Crippen molar-refractivity contribution in [3.05, 3.63) is 72.9 Å². The lowest BCUT2D eigenvalue weighted by Crippen LogP contribution is -2.46. The average molecular weight is 782 g/mol. The maximum absolute atomic E-state index is 13.1. The molecule has 0 radical (unpaired) electrons. The summed E-state index contributed by atoms with van der Waals surface area (Å²) in [5.74, 6) is -0.558. The monoisotopic (exact) mass is 782 g/mol. The van der Waals surface area contributed by atoms with Crippen molar-refractivity contribution >= 4 is 11.9 Å². The molecule has 0 heterocycles. The van der Waals surface area contributed by atoms with Crippen LogP contribution in [0.25, 0.3) is 0 Å². The third-order valence-corrected chi connectivity index (χ3v) is 10.1. The molecule has 0 fully saturated rings. The van der Waals surface area contributed by atoms with Crippen LogP contribution in [0, 0.1) is 0 Å². The van der Waals surface area contributed by atoms with E-state index in [0.717, 1.165) is 70.6 Å². The first-order chi connectivity index (χ1) is 27.5. The van der Waals surface area contributed by atoms with Crippen LogP contribution in [0.2, 0.25) is 0 Å². The summed E-state index contributed by atoms with van der Waals surface area (Å²) in [6.45, 7) is 6.29. The number of carbonyl (C=O) groups excluding carboxylic acids is 2. The maximum Gasteiger partial charge on any atom is 0.306 e. The zero-order valence-electron chi connectivity index (χ0n) is 36.5. The third kappa shape index (κ3) is 38.2. The molecule has 0 aromatic carbocycles. The van der Waals surface area contributed by atoms with E-state index in [4.69, 9.17) is 4.74 Å².